The first-order chi connectivity index (χ1) is 19.0. The predicted molar refractivity (Wildman–Crippen MR) is 147 cm³/mol. The van der Waals surface area contributed by atoms with Crippen LogP contribution in [0, 0.1) is 0 Å². The third-order valence-corrected chi connectivity index (χ3v) is 5.94. The molecule has 0 bridgehead atoms. The summed E-state index contributed by atoms with van der Waals surface area (Å²) in [6.45, 7) is 0.314. The molecule has 0 aliphatic heterocycles. The van der Waals surface area contributed by atoms with Gasteiger partial charge in [-0.25, -0.2) is 4.79 Å². The van der Waals surface area contributed by atoms with Gasteiger partial charge in [0, 0.05) is 12.0 Å². The van der Waals surface area contributed by atoms with Crippen LogP contribution in [0.5, 0.6) is 11.5 Å². The summed E-state index contributed by atoms with van der Waals surface area (Å²) in [5.41, 5.74) is 2.38. The molecule has 4 rings (SSSR count). The molecule has 1 N–H and O–H groups in total. The van der Waals surface area contributed by atoms with Gasteiger partial charge in [0.1, 0.15) is 17.5 Å². The number of rotatable bonds is 12. The molecule has 4 aromatic carbocycles. The molecule has 7 heteroatoms. The highest BCUT2D eigenvalue weighted by atomic mass is 16.5. The number of esters is 1. The van der Waals surface area contributed by atoms with E-state index >= 15 is 0 Å². The van der Waals surface area contributed by atoms with Gasteiger partial charge in [-0.1, -0.05) is 60.7 Å². The molecular weight excluding hydrogens is 494 g/mol. The Labute approximate surface area is 227 Å². The highest BCUT2D eigenvalue weighted by Gasteiger charge is 2.22. The average Bonchev–Trinajstić information content (AvgIpc) is 2.98. The van der Waals surface area contributed by atoms with Crippen LogP contribution in [0.4, 0.5) is 0 Å². The summed E-state index contributed by atoms with van der Waals surface area (Å²) < 4.78 is 16.3. The number of Topliss-reactive ketones (excluding diaryl/α,β-unsaturated/α-hetero) is 1. The van der Waals surface area contributed by atoms with Crippen LogP contribution in [-0.4, -0.2) is 37.4 Å². The topological polar surface area (TPSA) is 90.9 Å². The zero-order valence-electron chi connectivity index (χ0n) is 21.5. The molecule has 0 heterocycles. The molecule has 0 aliphatic rings. The monoisotopic (exact) mass is 523 g/mol. The molecule has 0 fully saturated rings. The van der Waals surface area contributed by atoms with Crippen molar-refractivity contribution in [2.24, 2.45) is 0 Å². The van der Waals surface area contributed by atoms with Gasteiger partial charge in [0.25, 0.3) is 5.91 Å². The van der Waals surface area contributed by atoms with Gasteiger partial charge in [-0.2, -0.15) is 0 Å². The maximum absolute atomic E-state index is 13.3. The molecule has 1 unspecified atom stereocenters. The van der Waals surface area contributed by atoms with E-state index in [1.807, 2.05) is 72.8 Å². The molecule has 0 aliphatic carbocycles. The molecule has 4 aromatic rings. The van der Waals surface area contributed by atoms with Crippen LogP contribution < -0.4 is 10.1 Å². The first-order valence-electron chi connectivity index (χ1n) is 12.5. The van der Waals surface area contributed by atoms with E-state index in [1.54, 1.807) is 12.1 Å². The summed E-state index contributed by atoms with van der Waals surface area (Å²) in [5.74, 6) is 0.242. The maximum atomic E-state index is 13.3. The molecule has 0 radical (unpaired) electrons. The number of ketones is 1. The lowest BCUT2D eigenvalue weighted by Gasteiger charge is -2.18. The predicted octanol–water partition coefficient (Wildman–Crippen LogP) is 5.39. The van der Waals surface area contributed by atoms with E-state index in [0.717, 1.165) is 16.9 Å². The lowest BCUT2D eigenvalue weighted by Crippen LogP contribution is -2.44. The molecular formula is C32H29NO6. The Morgan fingerprint density at radius 2 is 1.28 bits per heavy atom. The highest BCUT2D eigenvalue weighted by Crippen LogP contribution is 2.21. The summed E-state index contributed by atoms with van der Waals surface area (Å²) in [4.78, 5) is 37.9. The van der Waals surface area contributed by atoms with Crippen LogP contribution in [0.25, 0.3) is 0 Å². The number of carbonyl (C=O) groups excluding carboxylic acids is 3. The number of para-hydroxylation sites is 1. The van der Waals surface area contributed by atoms with Crippen molar-refractivity contribution in [2.75, 3.05) is 13.7 Å². The van der Waals surface area contributed by atoms with Crippen LogP contribution in [0.3, 0.4) is 0 Å². The molecule has 0 saturated heterocycles. The lowest BCUT2D eigenvalue weighted by atomic mass is 10.0. The van der Waals surface area contributed by atoms with E-state index < -0.39 is 17.9 Å². The summed E-state index contributed by atoms with van der Waals surface area (Å²) in [6.07, 6.45) is 0.104. The van der Waals surface area contributed by atoms with E-state index in [-0.39, 0.29) is 18.8 Å². The number of hydrogen-bond acceptors (Lipinski definition) is 6. The fourth-order valence-electron chi connectivity index (χ4n) is 3.83. The molecule has 1 amide bonds. The van der Waals surface area contributed by atoms with Gasteiger partial charge >= 0.3 is 5.97 Å². The molecule has 39 heavy (non-hydrogen) atoms. The summed E-state index contributed by atoms with van der Waals surface area (Å²) in [5, 5.41) is 2.79. The third-order valence-electron chi connectivity index (χ3n) is 5.94. The SMILES string of the molecule is COC(=O)c1ccc(C(=O)NC(COCc2ccccc2)C(=O)Cc2ccc(Oc3ccccc3)cc2)cc1. The number of amides is 1. The Morgan fingerprint density at radius 3 is 1.92 bits per heavy atom. The van der Waals surface area contributed by atoms with Crippen molar-refractivity contribution >= 4 is 17.7 Å². The van der Waals surface area contributed by atoms with E-state index in [4.69, 9.17) is 14.2 Å². The van der Waals surface area contributed by atoms with Crippen LogP contribution in [0.2, 0.25) is 0 Å². The standard InChI is InChI=1S/C32H29NO6/c1-37-32(36)26-16-14-25(15-17-26)31(35)33-29(22-38-21-24-8-4-2-5-9-24)30(34)20-23-12-18-28(19-13-23)39-27-10-6-3-7-11-27/h2-19,29H,20-22H2,1H3,(H,33,35). The van der Waals surface area contributed by atoms with Crippen molar-refractivity contribution < 1.29 is 28.6 Å². The number of nitrogens with one attached hydrogen (secondary N) is 1. The number of benzene rings is 4. The minimum absolute atomic E-state index is 0.00884. The Hall–Kier alpha value is -4.75. The second-order valence-corrected chi connectivity index (χ2v) is 8.80. The van der Waals surface area contributed by atoms with Crippen molar-refractivity contribution in [1.82, 2.24) is 5.32 Å². The summed E-state index contributed by atoms with van der Waals surface area (Å²) in [7, 11) is 1.29. The van der Waals surface area contributed by atoms with E-state index in [9.17, 15) is 14.4 Å². The molecule has 7 nitrogen and oxygen atoms in total. The van der Waals surface area contributed by atoms with Crippen LogP contribution >= 0.6 is 0 Å². The number of ether oxygens (including phenoxy) is 3. The van der Waals surface area contributed by atoms with E-state index in [1.165, 1.54) is 31.4 Å². The zero-order valence-corrected chi connectivity index (χ0v) is 21.5. The summed E-state index contributed by atoms with van der Waals surface area (Å²) in [6, 6.07) is 31.4. The minimum Gasteiger partial charge on any atom is -0.465 e. The first-order valence-corrected chi connectivity index (χ1v) is 12.5. The maximum Gasteiger partial charge on any atom is 0.337 e. The van der Waals surface area contributed by atoms with Gasteiger partial charge < -0.3 is 19.5 Å². The quantitative estimate of drug-likeness (QED) is 0.250. The molecule has 1 atom stereocenters. The lowest BCUT2D eigenvalue weighted by molar-refractivity contribution is -0.121. The summed E-state index contributed by atoms with van der Waals surface area (Å²) >= 11 is 0. The van der Waals surface area contributed by atoms with Crippen LogP contribution in [0.15, 0.2) is 109 Å². The Morgan fingerprint density at radius 1 is 0.692 bits per heavy atom. The number of carbonyl (C=O) groups is 3. The second kappa shape index (κ2) is 13.7. The fraction of sp³-hybridized carbons (Fsp3) is 0.156. The van der Waals surface area contributed by atoms with E-state index in [0.29, 0.717) is 23.5 Å². The molecule has 198 valence electrons. The minimum atomic E-state index is -0.873. The Balaban J connectivity index is 1.42. The van der Waals surface area contributed by atoms with Gasteiger partial charge in [-0.3, -0.25) is 9.59 Å². The first kappa shape index (κ1) is 27.3. The number of hydrogen-bond donors (Lipinski definition) is 1. The third kappa shape index (κ3) is 8.12. The molecule has 0 spiro atoms. The largest absolute Gasteiger partial charge is 0.465 e. The van der Waals surface area contributed by atoms with Crippen molar-refractivity contribution in [3.05, 3.63) is 131 Å². The van der Waals surface area contributed by atoms with Crippen molar-refractivity contribution in [3.8, 4) is 11.5 Å². The van der Waals surface area contributed by atoms with Gasteiger partial charge in [0.15, 0.2) is 5.78 Å². The zero-order chi connectivity index (χ0) is 27.5. The van der Waals surface area contributed by atoms with Crippen molar-refractivity contribution in [3.63, 3.8) is 0 Å². The van der Waals surface area contributed by atoms with Gasteiger partial charge in [0.2, 0.25) is 0 Å². The average molecular weight is 524 g/mol. The van der Waals surface area contributed by atoms with Crippen molar-refractivity contribution in [1.29, 1.82) is 0 Å². The van der Waals surface area contributed by atoms with Crippen LogP contribution in [-0.2, 0) is 27.3 Å². The molecule has 0 aromatic heterocycles. The van der Waals surface area contributed by atoms with E-state index in [2.05, 4.69) is 5.32 Å². The Bertz CT molecular complexity index is 1370. The number of methoxy groups -OCH3 is 1. The van der Waals surface area contributed by atoms with Gasteiger partial charge in [-0.15, -0.1) is 0 Å². The highest BCUT2D eigenvalue weighted by molar-refractivity contribution is 5.99. The molecule has 0 saturated carbocycles. The van der Waals surface area contributed by atoms with Gasteiger partial charge in [0.05, 0.1) is 25.9 Å². The van der Waals surface area contributed by atoms with Crippen LogP contribution in [0.1, 0.15) is 31.8 Å². The Kier molecular flexibility index (Phi) is 9.58. The second-order valence-electron chi connectivity index (χ2n) is 8.80. The van der Waals surface area contributed by atoms with Crippen molar-refractivity contribution in [2.45, 2.75) is 19.1 Å². The normalized spacial score (nSPS) is 11.3. The fourth-order valence-corrected chi connectivity index (χ4v) is 3.83. The smallest absolute Gasteiger partial charge is 0.337 e. The van der Waals surface area contributed by atoms with Gasteiger partial charge in [-0.05, 0) is 59.7 Å².